The minimum absolute atomic E-state index is 0.0192. The number of nitrogens with one attached hydrogen (secondary N) is 2. The highest BCUT2D eigenvalue weighted by Crippen LogP contribution is 2.33. The molecule has 0 fully saturated rings. The van der Waals surface area contributed by atoms with Crippen LogP contribution in [0.25, 0.3) is 0 Å². The molecule has 0 aliphatic heterocycles. The molecule has 0 saturated heterocycles. The molecule has 0 saturated carbocycles. The third-order valence-electron chi connectivity index (χ3n) is 4.32. The van der Waals surface area contributed by atoms with Crippen LogP contribution in [0.1, 0.15) is 52.0 Å². The van der Waals surface area contributed by atoms with Gasteiger partial charge >= 0.3 is 0 Å². The second-order valence-corrected chi connectivity index (χ2v) is 7.70. The van der Waals surface area contributed by atoms with Gasteiger partial charge in [-0.25, -0.2) is 5.43 Å². The maximum absolute atomic E-state index is 12.6. The number of hydrogen-bond acceptors (Lipinski definition) is 2. The quantitative estimate of drug-likeness (QED) is 0.404. The van der Waals surface area contributed by atoms with Gasteiger partial charge in [0, 0.05) is 16.9 Å². The summed E-state index contributed by atoms with van der Waals surface area (Å²) in [5, 5.41) is 0. The Balaban J connectivity index is 2.85. The van der Waals surface area contributed by atoms with Crippen LogP contribution in [0, 0.1) is 17.8 Å². The summed E-state index contributed by atoms with van der Waals surface area (Å²) in [4.78, 5) is 12.6. The number of carbonyl (C=O) groups is 1. The SMILES string of the molecule is C#CC(C)(C)CCCCC(C)(C(=O)NNC)c1cccc(Br)c1. The van der Waals surface area contributed by atoms with E-state index in [0.717, 1.165) is 35.7 Å². The number of terminal acetylenes is 1. The molecule has 0 heterocycles. The van der Waals surface area contributed by atoms with Gasteiger partial charge in [0.15, 0.2) is 0 Å². The first-order valence-corrected chi connectivity index (χ1v) is 8.75. The van der Waals surface area contributed by atoms with Gasteiger partial charge in [-0.05, 0) is 51.3 Å². The number of halogens is 1. The predicted molar refractivity (Wildman–Crippen MR) is 99.8 cm³/mol. The average Bonchev–Trinajstić information content (AvgIpc) is 2.51. The molecule has 3 nitrogen and oxygen atoms in total. The zero-order chi connectivity index (χ0) is 17.5. The second kappa shape index (κ2) is 8.52. The second-order valence-electron chi connectivity index (χ2n) is 6.78. The molecule has 126 valence electrons. The molecule has 2 N–H and O–H groups in total. The molecule has 0 radical (unpaired) electrons. The summed E-state index contributed by atoms with van der Waals surface area (Å²) < 4.78 is 0.979. The highest BCUT2D eigenvalue weighted by atomic mass is 79.9. The largest absolute Gasteiger partial charge is 0.291 e. The first kappa shape index (κ1) is 19.7. The molecule has 0 spiro atoms. The summed E-state index contributed by atoms with van der Waals surface area (Å²) in [5.74, 6) is 2.81. The molecule has 1 rings (SSSR count). The molecule has 1 unspecified atom stereocenters. The molecule has 1 amide bonds. The molecule has 1 aromatic rings. The molecule has 0 bridgehead atoms. The minimum Gasteiger partial charge on any atom is -0.291 e. The maximum Gasteiger partial charge on any atom is 0.244 e. The van der Waals surface area contributed by atoms with Crippen LogP contribution in [0.15, 0.2) is 28.7 Å². The Morgan fingerprint density at radius 2 is 1.91 bits per heavy atom. The topological polar surface area (TPSA) is 41.1 Å². The number of unbranched alkanes of at least 4 members (excludes halogenated alkanes) is 1. The molecular formula is C19H27BrN2O. The normalized spacial score (nSPS) is 13.9. The average molecular weight is 379 g/mol. The molecule has 23 heavy (non-hydrogen) atoms. The molecular weight excluding hydrogens is 352 g/mol. The van der Waals surface area contributed by atoms with Crippen molar-refractivity contribution in [3.8, 4) is 12.3 Å². The third kappa shape index (κ3) is 5.67. The van der Waals surface area contributed by atoms with E-state index in [9.17, 15) is 4.79 Å². The van der Waals surface area contributed by atoms with Crippen molar-refractivity contribution in [2.45, 2.75) is 51.9 Å². The summed E-state index contributed by atoms with van der Waals surface area (Å²) in [5.41, 5.74) is 5.83. The molecule has 0 aliphatic carbocycles. The summed E-state index contributed by atoms with van der Waals surface area (Å²) >= 11 is 3.49. The van der Waals surface area contributed by atoms with E-state index in [0.29, 0.717) is 0 Å². The summed E-state index contributed by atoms with van der Waals surface area (Å²) in [6.07, 6.45) is 9.24. The van der Waals surface area contributed by atoms with Crippen LogP contribution in [0.3, 0.4) is 0 Å². The monoisotopic (exact) mass is 378 g/mol. The first-order valence-electron chi connectivity index (χ1n) is 7.96. The number of hydrogen-bond donors (Lipinski definition) is 2. The van der Waals surface area contributed by atoms with Crippen molar-refractivity contribution in [3.63, 3.8) is 0 Å². The van der Waals surface area contributed by atoms with Crippen molar-refractivity contribution >= 4 is 21.8 Å². The van der Waals surface area contributed by atoms with E-state index in [1.165, 1.54) is 0 Å². The Kier molecular flexibility index (Phi) is 7.31. The molecule has 1 aromatic carbocycles. The fourth-order valence-corrected chi connectivity index (χ4v) is 2.99. The Morgan fingerprint density at radius 1 is 1.26 bits per heavy atom. The number of amides is 1. The lowest BCUT2D eigenvalue weighted by Gasteiger charge is -2.29. The van der Waals surface area contributed by atoms with Crippen LogP contribution < -0.4 is 10.9 Å². The number of hydrazine groups is 1. The van der Waals surface area contributed by atoms with Crippen molar-refractivity contribution < 1.29 is 4.79 Å². The first-order chi connectivity index (χ1) is 10.7. The van der Waals surface area contributed by atoms with Crippen molar-refractivity contribution in [2.75, 3.05) is 7.05 Å². The smallest absolute Gasteiger partial charge is 0.244 e. The minimum atomic E-state index is -0.576. The lowest BCUT2D eigenvalue weighted by atomic mass is 9.76. The fourth-order valence-electron chi connectivity index (χ4n) is 2.59. The lowest BCUT2D eigenvalue weighted by molar-refractivity contribution is -0.127. The van der Waals surface area contributed by atoms with Crippen LogP contribution in [0.5, 0.6) is 0 Å². The van der Waals surface area contributed by atoms with E-state index >= 15 is 0 Å². The summed E-state index contributed by atoms with van der Waals surface area (Å²) in [6.45, 7) is 6.15. The van der Waals surface area contributed by atoms with Gasteiger partial charge in [-0.1, -0.05) is 40.9 Å². The van der Waals surface area contributed by atoms with Crippen molar-refractivity contribution in [1.29, 1.82) is 0 Å². The Bertz CT molecular complexity index is 577. The lowest BCUT2D eigenvalue weighted by Crippen LogP contribution is -2.47. The van der Waals surface area contributed by atoms with E-state index in [1.807, 2.05) is 31.2 Å². The van der Waals surface area contributed by atoms with Gasteiger partial charge in [-0.2, -0.15) is 0 Å². The van der Waals surface area contributed by atoms with Crippen molar-refractivity contribution in [3.05, 3.63) is 34.3 Å². The number of carbonyl (C=O) groups excluding carboxylic acids is 1. The standard InChI is InChI=1S/C19H27BrN2O/c1-6-18(2,3)12-7-8-13-19(4,17(23)22-21-5)15-10-9-11-16(20)14-15/h1,9-11,14,21H,7-8,12-13H2,2-5H3,(H,22,23). The highest BCUT2D eigenvalue weighted by molar-refractivity contribution is 9.10. The van der Waals surface area contributed by atoms with Gasteiger partial charge in [0.1, 0.15) is 0 Å². The van der Waals surface area contributed by atoms with Crippen molar-refractivity contribution in [1.82, 2.24) is 10.9 Å². The van der Waals surface area contributed by atoms with E-state index in [4.69, 9.17) is 6.42 Å². The number of rotatable bonds is 8. The summed E-state index contributed by atoms with van der Waals surface area (Å²) in [7, 11) is 1.70. The van der Waals surface area contributed by atoms with E-state index in [1.54, 1.807) is 7.05 Å². The molecule has 4 heteroatoms. The molecule has 0 aromatic heterocycles. The third-order valence-corrected chi connectivity index (χ3v) is 4.81. The van der Waals surface area contributed by atoms with Gasteiger partial charge in [0.2, 0.25) is 5.91 Å². The molecule has 1 atom stereocenters. The zero-order valence-corrected chi connectivity index (χ0v) is 16.1. The predicted octanol–water partition coefficient (Wildman–Crippen LogP) is 4.18. The molecule has 0 aliphatic rings. The fraction of sp³-hybridized carbons (Fsp3) is 0.526. The van der Waals surface area contributed by atoms with Crippen LogP contribution in [-0.2, 0) is 10.2 Å². The maximum atomic E-state index is 12.6. The van der Waals surface area contributed by atoms with Gasteiger partial charge in [0.05, 0.1) is 5.41 Å². The van der Waals surface area contributed by atoms with Crippen LogP contribution in [0.4, 0.5) is 0 Å². The Hall–Kier alpha value is -1.31. The van der Waals surface area contributed by atoms with Gasteiger partial charge in [-0.15, -0.1) is 12.3 Å². The summed E-state index contributed by atoms with van der Waals surface area (Å²) in [6, 6.07) is 7.95. The van der Waals surface area contributed by atoms with E-state index in [-0.39, 0.29) is 11.3 Å². The Morgan fingerprint density at radius 3 is 2.48 bits per heavy atom. The van der Waals surface area contributed by atoms with E-state index < -0.39 is 5.41 Å². The Labute approximate surface area is 148 Å². The van der Waals surface area contributed by atoms with Crippen LogP contribution in [0.2, 0.25) is 0 Å². The number of benzene rings is 1. The van der Waals surface area contributed by atoms with Crippen LogP contribution in [-0.4, -0.2) is 13.0 Å². The van der Waals surface area contributed by atoms with Gasteiger partial charge in [0.25, 0.3) is 0 Å². The zero-order valence-electron chi connectivity index (χ0n) is 14.5. The van der Waals surface area contributed by atoms with E-state index in [2.05, 4.69) is 46.5 Å². The van der Waals surface area contributed by atoms with Crippen molar-refractivity contribution in [2.24, 2.45) is 5.41 Å². The van der Waals surface area contributed by atoms with Gasteiger partial charge in [-0.3, -0.25) is 10.2 Å². The van der Waals surface area contributed by atoms with Gasteiger partial charge < -0.3 is 0 Å². The highest BCUT2D eigenvalue weighted by Gasteiger charge is 2.34. The van der Waals surface area contributed by atoms with Crippen LogP contribution >= 0.6 is 15.9 Å².